The van der Waals surface area contributed by atoms with Crippen molar-refractivity contribution in [1.29, 1.82) is 0 Å². The molecule has 0 saturated heterocycles. The Morgan fingerprint density at radius 2 is 1.92 bits per heavy atom. The van der Waals surface area contributed by atoms with Gasteiger partial charge in [0.15, 0.2) is 0 Å². The molecule has 3 nitrogen and oxygen atoms in total. The zero-order chi connectivity index (χ0) is 9.52. The lowest BCUT2D eigenvalue weighted by molar-refractivity contribution is 0.127. The van der Waals surface area contributed by atoms with E-state index < -0.39 is 0 Å². The van der Waals surface area contributed by atoms with Crippen LogP contribution in [-0.2, 0) is 11.2 Å². The van der Waals surface area contributed by atoms with Crippen molar-refractivity contribution in [3.05, 3.63) is 35.9 Å². The summed E-state index contributed by atoms with van der Waals surface area (Å²) >= 11 is 0. The van der Waals surface area contributed by atoms with E-state index in [1.165, 1.54) is 5.56 Å². The normalized spacial score (nSPS) is 12.8. The Balaban J connectivity index is 2.32. The van der Waals surface area contributed by atoms with Crippen molar-refractivity contribution < 1.29 is 4.74 Å². The van der Waals surface area contributed by atoms with E-state index in [0.29, 0.717) is 6.61 Å². The molecule has 3 heteroatoms. The summed E-state index contributed by atoms with van der Waals surface area (Å²) in [5, 5.41) is 0. The predicted molar refractivity (Wildman–Crippen MR) is 53.1 cm³/mol. The quantitative estimate of drug-likeness (QED) is 0.648. The van der Waals surface area contributed by atoms with Gasteiger partial charge in [-0.3, -0.25) is 0 Å². The van der Waals surface area contributed by atoms with Crippen molar-refractivity contribution in [2.75, 3.05) is 13.3 Å². The minimum absolute atomic E-state index is 0.0333. The maximum atomic E-state index is 5.81. The van der Waals surface area contributed by atoms with Crippen LogP contribution in [0.15, 0.2) is 30.3 Å². The third-order valence-electron chi connectivity index (χ3n) is 1.79. The third-order valence-corrected chi connectivity index (χ3v) is 1.79. The van der Waals surface area contributed by atoms with E-state index in [1.807, 2.05) is 18.2 Å². The van der Waals surface area contributed by atoms with Gasteiger partial charge in [0.05, 0.1) is 13.3 Å². The summed E-state index contributed by atoms with van der Waals surface area (Å²) in [7, 11) is 0. The lowest BCUT2D eigenvalue weighted by atomic mass is 10.1. The summed E-state index contributed by atoms with van der Waals surface area (Å²) in [6.07, 6.45) is 0.834. The Labute approximate surface area is 78.7 Å². The van der Waals surface area contributed by atoms with Gasteiger partial charge in [0.2, 0.25) is 0 Å². The summed E-state index contributed by atoms with van der Waals surface area (Å²) in [6, 6.07) is 10.2. The molecule has 4 N–H and O–H groups in total. The highest BCUT2D eigenvalue weighted by molar-refractivity contribution is 5.15. The number of hydrogen-bond acceptors (Lipinski definition) is 3. The summed E-state index contributed by atoms with van der Waals surface area (Å²) < 4.78 is 5.02. The molecule has 0 spiro atoms. The molecule has 1 aromatic carbocycles. The predicted octanol–water partition coefficient (Wildman–Crippen LogP) is 0.489. The van der Waals surface area contributed by atoms with Gasteiger partial charge in [0, 0.05) is 6.04 Å². The number of benzene rings is 1. The molecule has 0 heterocycles. The van der Waals surface area contributed by atoms with E-state index in [-0.39, 0.29) is 12.8 Å². The Morgan fingerprint density at radius 3 is 2.54 bits per heavy atom. The Morgan fingerprint density at radius 1 is 1.23 bits per heavy atom. The molecule has 0 aliphatic heterocycles. The Kier molecular flexibility index (Phi) is 4.46. The van der Waals surface area contributed by atoms with Crippen LogP contribution in [-0.4, -0.2) is 19.4 Å². The van der Waals surface area contributed by atoms with E-state index in [0.717, 1.165) is 6.42 Å². The summed E-state index contributed by atoms with van der Waals surface area (Å²) in [4.78, 5) is 0. The van der Waals surface area contributed by atoms with Crippen LogP contribution in [0, 0.1) is 0 Å². The number of ether oxygens (including phenoxy) is 1. The van der Waals surface area contributed by atoms with Gasteiger partial charge in [0.1, 0.15) is 0 Å². The molecule has 1 aromatic rings. The van der Waals surface area contributed by atoms with Crippen LogP contribution < -0.4 is 11.5 Å². The molecule has 0 amide bonds. The fourth-order valence-corrected chi connectivity index (χ4v) is 1.20. The van der Waals surface area contributed by atoms with Gasteiger partial charge in [0.25, 0.3) is 0 Å². The second kappa shape index (κ2) is 5.70. The molecular weight excluding hydrogens is 164 g/mol. The first-order chi connectivity index (χ1) is 6.33. The Bertz CT molecular complexity index is 226. The molecule has 0 aliphatic rings. The zero-order valence-electron chi connectivity index (χ0n) is 7.65. The third kappa shape index (κ3) is 4.03. The number of hydrogen-bond donors (Lipinski definition) is 2. The van der Waals surface area contributed by atoms with E-state index >= 15 is 0 Å². The monoisotopic (exact) mass is 180 g/mol. The summed E-state index contributed by atoms with van der Waals surface area (Å²) in [5.74, 6) is 0. The van der Waals surface area contributed by atoms with E-state index in [1.54, 1.807) is 0 Å². The van der Waals surface area contributed by atoms with Crippen LogP contribution in [0.3, 0.4) is 0 Å². The molecule has 0 bridgehead atoms. The first-order valence-corrected chi connectivity index (χ1v) is 4.40. The Hall–Kier alpha value is -0.900. The van der Waals surface area contributed by atoms with Crippen molar-refractivity contribution in [3.63, 3.8) is 0 Å². The fraction of sp³-hybridized carbons (Fsp3) is 0.400. The highest BCUT2D eigenvalue weighted by atomic mass is 16.5. The maximum Gasteiger partial charge on any atom is 0.0941 e. The largest absolute Gasteiger partial charge is 0.365 e. The molecule has 13 heavy (non-hydrogen) atoms. The maximum absolute atomic E-state index is 5.81. The molecule has 0 fully saturated rings. The van der Waals surface area contributed by atoms with Crippen LogP contribution in [0.1, 0.15) is 5.56 Å². The lowest BCUT2D eigenvalue weighted by Crippen LogP contribution is -2.29. The molecule has 0 aromatic heterocycles. The van der Waals surface area contributed by atoms with Crippen LogP contribution >= 0.6 is 0 Å². The van der Waals surface area contributed by atoms with Crippen LogP contribution in [0.5, 0.6) is 0 Å². The highest BCUT2D eigenvalue weighted by Crippen LogP contribution is 2.01. The van der Waals surface area contributed by atoms with E-state index in [4.69, 9.17) is 16.2 Å². The van der Waals surface area contributed by atoms with Crippen molar-refractivity contribution >= 4 is 0 Å². The fourth-order valence-electron chi connectivity index (χ4n) is 1.20. The zero-order valence-corrected chi connectivity index (χ0v) is 7.65. The van der Waals surface area contributed by atoms with Gasteiger partial charge in [-0.2, -0.15) is 0 Å². The van der Waals surface area contributed by atoms with Crippen LogP contribution in [0.4, 0.5) is 0 Å². The van der Waals surface area contributed by atoms with E-state index in [2.05, 4.69) is 12.1 Å². The highest BCUT2D eigenvalue weighted by Gasteiger charge is 2.02. The first kappa shape index (κ1) is 10.2. The SMILES string of the molecule is NCOC[C@H](N)Cc1ccccc1. The van der Waals surface area contributed by atoms with E-state index in [9.17, 15) is 0 Å². The van der Waals surface area contributed by atoms with Crippen LogP contribution in [0.25, 0.3) is 0 Å². The first-order valence-electron chi connectivity index (χ1n) is 4.40. The second-order valence-corrected chi connectivity index (χ2v) is 2.99. The molecule has 72 valence electrons. The molecule has 0 saturated carbocycles. The van der Waals surface area contributed by atoms with Crippen molar-refractivity contribution in [1.82, 2.24) is 0 Å². The van der Waals surface area contributed by atoms with Crippen molar-refractivity contribution in [2.24, 2.45) is 11.5 Å². The van der Waals surface area contributed by atoms with Gasteiger partial charge in [-0.15, -0.1) is 0 Å². The summed E-state index contributed by atoms with van der Waals surface area (Å²) in [5.41, 5.74) is 12.2. The topological polar surface area (TPSA) is 61.3 Å². The molecule has 0 unspecified atom stereocenters. The smallest absolute Gasteiger partial charge is 0.0941 e. The average Bonchev–Trinajstić information content (AvgIpc) is 2.16. The molecule has 1 atom stereocenters. The van der Waals surface area contributed by atoms with Crippen molar-refractivity contribution in [2.45, 2.75) is 12.5 Å². The standard InChI is InChI=1S/C10H16N2O/c11-8-13-7-10(12)6-9-4-2-1-3-5-9/h1-5,10H,6-8,11-12H2/t10-/m1/s1. The molecular formula is C10H16N2O. The number of nitrogens with two attached hydrogens (primary N) is 2. The van der Waals surface area contributed by atoms with Gasteiger partial charge < -0.3 is 16.2 Å². The van der Waals surface area contributed by atoms with Crippen molar-refractivity contribution in [3.8, 4) is 0 Å². The average molecular weight is 180 g/mol. The van der Waals surface area contributed by atoms with Gasteiger partial charge in [-0.05, 0) is 12.0 Å². The minimum atomic E-state index is 0.0333. The van der Waals surface area contributed by atoms with Gasteiger partial charge in [-0.1, -0.05) is 30.3 Å². The van der Waals surface area contributed by atoms with Crippen LogP contribution in [0.2, 0.25) is 0 Å². The number of rotatable bonds is 5. The summed E-state index contributed by atoms with van der Waals surface area (Å²) in [6.45, 7) is 0.758. The second-order valence-electron chi connectivity index (χ2n) is 2.99. The van der Waals surface area contributed by atoms with Gasteiger partial charge >= 0.3 is 0 Å². The molecule has 1 rings (SSSR count). The lowest BCUT2D eigenvalue weighted by Gasteiger charge is -2.10. The minimum Gasteiger partial charge on any atom is -0.365 e. The van der Waals surface area contributed by atoms with Gasteiger partial charge in [-0.25, -0.2) is 0 Å². The molecule has 0 radical (unpaired) electrons. The molecule has 0 aliphatic carbocycles.